The maximum Gasteiger partial charge on any atom is 0.503 e. The summed E-state index contributed by atoms with van der Waals surface area (Å²) in [7, 11) is 2.66. The first-order valence-corrected chi connectivity index (χ1v) is 9.79. The lowest BCUT2D eigenvalue weighted by atomic mass is 9.89. The fourth-order valence-electron chi connectivity index (χ4n) is 4.28. The van der Waals surface area contributed by atoms with Gasteiger partial charge in [-0.3, -0.25) is 0 Å². The Morgan fingerprint density at radius 2 is 1.62 bits per heavy atom. The molecule has 2 rings (SSSR count). The molecule has 6 heteroatoms. The van der Waals surface area contributed by atoms with E-state index >= 15 is 0 Å². The average Bonchev–Trinajstić information content (AvgIpc) is 3.08. The fourth-order valence-corrected chi connectivity index (χ4v) is 7.13. The molecule has 0 heterocycles. The lowest BCUT2D eigenvalue weighted by Gasteiger charge is -2.36. The summed E-state index contributed by atoms with van der Waals surface area (Å²) in [5.41, 5.74) is 0.447. The molecule has 0 amide bonds. The van der Waals surface area contributed by atoms with Gasteiger partial charge in [-0.15, -0.1) is 0 Å². The zero-order valence-electron chi connectivity index (χ0n) is 14.0. The van der Waals surface area contributed by atoms with Crippen molar-refractivity contribution in [3.05, 3.63) is 0 Å². The second-order valence-corrected chi connectivity index (χ2v) is 9.34. The van der Waals surface area contributed by atoms with Crippen molar-refractivity contribution in [1.82, 2.24) is 0 Å². The monoisotopic (exact) mass is 318 g/mol. The van der Waals surface area contributed by atoms with Crippen molar-refractivity contribution in [3.63, 3.8) is 0 Å². The normalized spacial score (nSPS) is 33.6. The molecule has 0 aliphatic heterocycles. The molecule has 2 aliphatic rings. The Morgan fingerprint density at radius 1 is 0.952 bits per heavy atom. The molecule has 2 fully saturated rings. The highest BCUT2D eigenvalue weighted by Gasteiger charge is 2.59. The Hall–Kier alpha value is 0.0169. The molecule has 0 aromatic rings. The van der Waals surface area contributed by atoms with Crippen LogP contribution in [0.25, 0.3) is 0 Å². The topological polar surface area (TPSA) is 46.2 Å². The van der Waals surface area contributed by atoms with Crippen LogP contribution in [0.2, 0.25) is 5.54 Å². The Bertz CT molecular complexity index is 315. The van der Waals surface area contributed by atoms with Gasteiger partial charge in [-0.05, 0) is 50.9 Å². The fraction of sp³-hybridized carbons (Fsp3) is 1.00. The van der Waals surface area contributed by atoms with Crippen molar-refractivity contribution < 1.29 is 22.8 Å². The molecule has 0 aromatic carbocycles. The highest BCUT2D eigenvalue weighted by molar-refractivity contribution is 6.62. The van der Waals surface area contributed by atoms with Gasteiger partial charge in [-0.25, -0.2) is 0 Å². The Morgan fingerprint density at radius 3 is 2.10 bits per heavy atom. The summed E-state index contributed by atoms with van der Waals surface area (Å²) < 4.78 is 28.3. The maximum atomic E-state index is 5.81. The smallest absolute Gasteiger partial charge is 0.377 e. The van der Waals surface area contributed by atoms with Gasteiger partial charge in [0.1, 0.15) is 0 Å². The van der Waals surface area contributed by atoms with Gasteiger partial charge in [-0.2, -0.15) is 0 Å². The van der Waals surface area contributed by atoms with Crippen LogP contribution < -0.4 is 0 Å². The van der Waals surface area contributed by atoms with E-state index in [1.807, 2.05) is 13.8 Å². The lowest BCUT2D eigenvalue weighted by Crippen LogP contribution is -2.49. The highest BCUT2D eigenvalue weighted by Crippen LogP contribution is 2.58. The van der Waals surface area contributed by atoms with E-state index < -0.39 is 8.80 Å². The summed E-state index contributed by atoms with van der Waals surface area (Å²) in [5, 5.41) is 0. The molecule has 5 nitrogen and oxygen atoms in total. The molecule has 2 saturated carbocycles. The number of fused-ring (bicyclic) bond motifs is 2. The maximum absolute atomic E-state index is 5.81. The minimum absolute atomic E-state index is 0.102. The van der Waals surface area contributed by atoms with E-state index in [1.54, 1.807) is 21.3 Å². The third-order valence-corrected chi connectivity index (χ3v) is 8.58. The van der Waals surface area contributed by atoms with Gasteiger partial charge < -0.3 is 22.8 Å². The van der Waals surface area contributed by atoms with Crippen LogP contribution in [0.3, 0.4) is 0 Å². The zero-order chi connectivity index (χ0) is 15.5. The zero-order valence-corrected chi connectivity index (χ0v) is 15.0. The van der Waals surface area contributed by atoms with E-state index in [-0.39, 0.29) is 6.29 Å². The summed E-state index contributed by atoms with van der Waals surface area (Å²) in [6, 6.07) is 0. The molecule has 0 N–H and O–H groups in total. The SMILES string of the molecule is CCOC(C)OCC1CC2CC1CC2[Si](OC)(OC)OC. The van der Waals surface area contributed by atoms with Crippen molar-refractivity contribution in [3.8, 4) is 0 Å². The van der Waals surface area contributed by atoms with E-state index in [0.29, 0.717) is 29.9 Å². The van der Waals surface area contributed by atoms with E-state index in [0.717, 1.165) is 13.0 Å². The Labute approximate surface area is 129 Å². The third-order valence-electron chi connectivity index (χ3n) is 5.26. The molecule has 0 aromatic heterocycles. The first kappa shape index (κ1) is 17.4. The molecule has 0 saturated heterocycles. The molecule has 0 spiro atoms. The summed E-state index contributed by atoms with van der Waals surface area (Å²) in [4.78, 5) is 0. The average molecular weight is 318 g/mol. The molecule has 21 heavy (non-hydrogen) atoms. The van der Waals surface area contributed by atoms with Gasteiger partial charge >= 0.3 is 8.80 Å². The highest BCUT2D eigenvalue weighted by atomic mass is 28.4. The molecule has 5 unspecified atom stereocenters. The van der Waals surface area contributed by atoms with Crippen molar-refractivity contribution in [2.24, 2.45) is 17.8 Å². The van der Waals surface area contributed by atoms with Gasteiger partial charge in [-0.1, -0.05) is 0 Å². The lowest BCUT2D eigenvalue weighted by molar-refractivity contribution is -0.138. The summed E-state index contributed by atoms with van der Waals surface area (Å²) in [6.45, 7) is 5.46. The Balaban J connectivity index is 1.86. The van der Waals surface area contributed by atoms with Crippen molar-refractivity contribution in [1.29, 1.82) is 0 Å². The van der Waals surface area contributed by atoms with Crippen LogP contribution in [0.5, 0.6) is 0 Å². The molecule has 2 aliphatic carbocycles. The van der Waals surface area contributed by atoms with Crippen LogP contribution in [0.4, 0.5) is 0 Å². The van der Waals surface area contributed by atoms with E-state index in [4.69, 9.17) is 22.8 Å². The molecule has 0 radical (unpaired) electrons. The molecule has 5 atom stereocenters. The predicted octanol–water partition coefficient (Wildman–Crippen LogP) is 2.68. The second-order valence-electron chi connectivity index (χ2n) is 6.17. The van der Waals surface area contributed by atoms with Gasteiger partial charge in [0.2, 0.25) is 0 Å². The van der Waals surface area contributed by atoms with Crippen LogP contribution in [0.1, 0.15) is 33.1 Å². The Kier molecular flexibility index (Phi) is 6.22. The first-order valence-electron chi connectivity index (χ1n) is 7.98. The van der Waals surface area contributed by atoms with E-state index in [9.17, 15) is 0 Å². The minimum Gasteiger partial charge on any atom is -0.377 e. The molecular formula is C15H30O5Si. The second kappa shape index (κ2) is 7.52. The van der Waals surface area contributed by atoms with Crippen LogP contribution in [0, 0.1) is 17.8 Å². The first-order chi connectivity index (χ1) is 10.1. The third kappa shape index (κ3) is 3.51. The molecular weight excluding hydrogens is 288 g/mol. The summed E-state index contributed by atoms with van der Waals surface area (Å²) in [5.74, 6) is 2.00. The van der Waals surface area contributed by atoms with Crippen LogP contribution in [-0.2, 0) is 22.8 Å². The largest absolute Gasteiger partial charge is 0.503 e. The van der Waals surface area contributed by atoms with Crippen molar-refractivity contribution in [2.75, 3.05) is 34.5 Å². The number of hydrogen-bond acceptors (Lipinski definition) is 5. The molecule has 2 bridgehead atoms. The number of ether oxygens (including phenoxy) is 2. The summed E-state index contributed by atoms with van der Waals surface area (Å²) >= 11 is 0. The molecule has 124 valence electrons. The van der Waals surface area contributed by atoms with Gasteiger partial charge in [0.05, 0.1) is 6.61 Å². The van der Waals surface area contributed by atoms with Gasteiger partial charge in [0, 0.05) is 33.5 Å². The van der Waals surface area contributed by atoms with E-state index in [2.05, 4.69) is 0 Å². The number of rotatable bonds is 9. The van der Waals surface area contributed by atoms with Gasteiger partial charge in [0.15, 0.2) is 6.29 Å². The van der Waals surface area contributed by atoms with Crippen LogP contribution in [0.15, 0.2) is 0 Å². The standard InChI is InChI=1S/C15H30O5Si/c1-6-19-11(2)20-10-14-8-13-7-12(14)9-15(13)21(16-3,17-4)18-5/h11-15H,6-10H2,1-5H3. The van der Waals surface area contributed by atoms with Crippen molar-refractivity contribution >= 4 is 8.80 Å². The number of hydrogen-bond donors (Lipinski definition) is 0. The van der Waals surface area contributed by atoms with E-state index in [1.165, 1.54) is 12.8 Å². The van der Waals surface area contributed by atoms with Crippen LogP contribution in [-0.4, -0.2) is 49.6 Å². The quantitative estimate of drug-likeness (QED) is 0.483. The van der Waals surface area contributed by atoms with Crippen LogP contribution >= 0.6 is 0 Å². The summed E-state index contributed by atoms with van der Waals surface area (Å²) in [6.07, 6.45) is 3.49. The van der Waals surface area contributed by atoms with Gasteiger partial charge in [0.25, 0.3) is 0 Å². The minimum atomic E-state index is -2.49. The van der Waals surface area contributed by atoms with Crippen molar-refractivity contribution in [2.45, 2.75) is 44.9 Å². The predicted molar refractivity (Wildman–Crippen MR) is 81.9 cm³/mol.